The number of hydrogen-bond acceptors (Lipinski definition) is 4. The predicted molar refractivity (Wildman–Crippen MR) is 99.3 cm³/mol. The fourth-order valence-electron chi connectivity index (χ4n) is 3.14. The molecule has 0 fully saturated rings. The zero-order valence-electron chi connectivity index (χ0n) is 14.1. The largest absolute Gasteiger partial charge is 0.507 e. The maximum absolute atomic E-state index is 12.6. The van der Waals surface area contributed by atoms with Gasteiger partial charge < -0.3 is 20.2 Å². The van der Waals surface area contributed by atoms with E-state index in [0.717, 1.165) is 6.07 Å². The second-order valence-corrected chi connectivity index (χ2v) is 6.56. The number of rotatable bonds is 3. The van der Waals surface area contributed by atoms with Gasteiger partial charge in [0.2, 0.25) is 0 Å². The summed E-state index contributed by atoms with van der Waals surface area (Å²) in [5.74, 6) is -1.25. The van der Waals surface area contributed by atoms with Crippen LogP contribution in [0.15, 0.2) is 46.0 Å². The van der Waals surface area contributed by atoms with Gasteiger partial charge in [0.25, 0.3) is 11.1 Å². The lowest BCUT2D eigenvalue weighted by molar-refractivity contribution is 0.455. The summed E-state index contributed by atoms with van der Waals surface area (Å²) in [6.07, 6.45) is 0. The topological polar surface area (TPSA) is 106 Å². The second kappa shape index (κ2) is 6.72. The van der Waals surface area contributed by atoms with E-state index in [-0.39, 0.29) is 17.1 Å². The molecular formula is C19H17ClN2O4. The number of aromatic amines is 2. The molecule has 6 nitrogen and oxygen atoms in total. The lowest BCUT2D eigenvalue weighted by atomic mass is 9.84. The predicted octanol–water partition coefficient (Wildman–Crippen LogP) is 2.92. The minimum Gasteiger partial charge on any atom is -0.507 e. The van der Waals surface area contributed by atoms with E-state index in [1.165, 1.54) is 6.07 Å². The zero-order chi connectivity index (χ0) is 19.0. The molecule has 7 heteroatoms. The van der Waals surface area contributed by atoms with Crippen LogP contribution >= 0.6 is 11.6 Å². The lowest BCUT2D eigenvalue weighted by Crippen LogP contribution is -2.21. The van der Waals surface area contributed by atoms with E-state index in [1.807, 2.05) is 0 Å². The van der Waals surface area contributed by atoms with E-state index < -0.39 is 17.0 Å². The summed E-state index contributed by atoms with van der Waals surface area (Å²) in [6.45, 7) is 3.28. The summed E-state index contributed by atoms with van der Waals surface area (Å²) in [4.78, 5) is 29.5. The van der Waals surface area contributed by atoms with Gasteiger partial charge in [-0.05, 0) is 37.6 Å². The molecular weight excluding hydrogens is 356 g/mol. The quantitative estimate of drug-likeness (QED) is 0.567. The van der Waals surface area contributed by atoms with Gasteiger partial charge in [-0.15, -0.1) is 0 Å². The van der Waals surface area contributed by atoms with E-state index in [9.17, 15) is 19.8 Å². The molecule has 0 aliphatic rings. The molecule has 0 saturated carbocycles. The maximum Gasteiger partial charge on any atom is 0.256 e. The lowest BCUT2D eigenvalue weighted by Gasteiger charge is -2.21. The SMILES string of the molecule is Cc1cc(O)c(C(c2ccc(Cl)cc2)c2c(O)cc(=O)[nH]c2C)c(=O)[nH]1. The molecule has 0 spiro atoms. The van der Waals surface area contributed by atoms with Crippen molar-refractivity contribution in [3.05, 3.63) is 90.2 Å². The van der Waals surface area contributed by atoms with Crippen LogP contribution < -0.4 is 11.1 Å². The van der Waals surface area contributed by atoms with Crippen LogP contribution in [0.2, 0.25) is 5.02 Å². The first-order valence-electron chi connectivity index (χ1n) is 7.89. The van der Waals surface area contributed by atoms with Crippen molar-refractivity contribution in [3.8, 4) is 11.5 Å². The molecule has 0 aliphatic carbocycles. The van der Waals surface area contributed by atoms with E-state index in [1.54, 1.807) is 38.1 Å². The summed E-state index contributed by atoms with van der Waals surface area (Å²) < 4.78 is 0. The van der Waals surface area contributed by atoms with Gasteiger partial charge in [-0.1, -0.05) is 23.7 Å². The van der Waals surface area contributed by atoms with Gasteiger partial charge in [-0.3, -0.25) is 9.59 Å². The van der Waals surface area contributed by atoms with Crippen LogP contribution in [0.25, 0.3) is 0 Å². The molecule has 1 aromatic carbocycles. The summed E-state index contributed by atoms with van der Waals surface area (Å²) >= 11 is 5.96. The van der Waals surface area contributed by atoms with Gasteiger partial charge >= 0.3 is 0 Å². The maximum atomic E-state index is 12.6. The Morgan fingerprint density at radius 3 is 2.12 bits per heavy atom. The highest BCUT2D eigenvalue weighted by Gasteiger charge is 2.28. The van der Waals surface area contributed by atoms with Crippen LogP contribution in [0.3, 0.4) is 0 Å². The van der Waals surface area contributed by atoms with Crippen molar-refractivity contribution < 1.29 is 10.2 Å². The van der Waals surface area contributed by atoms with Crippen molar-refractivity contribution in [3.63, 3.8) is 0 Å². The van der Waals surface area contributed by atoms with Crippen LogP contribution in [-0.4, -0.2) is 20.2 Å². The Morgan fingerprint density at radius 1 is 0.923 bits per heavy atom. The van der Waals surface area contributed by atoms with Gasteiger partial charge in [-0.2, -0.15) is 0 Å². The van der Waals surface area contributed by atoms with Crippen molar-refractivity contribution in [2.24, 2.45) is 0 Å². The molecule has 3 aromatic rings. The smallest absolute Gasteiger partial charge is 0.256 e. The fourth-order valence-corrected chi connectivity index (χ4v) is 3.27. The number of H-pyrrole nitrogens is 2. The van der Waals surface area contributed by atoms with Gasteiger partial charge in [0.05, 0.1) is 5.56 Å². The van der Waals surface area contributed by atoms with E-state index in [0.29, 0.717) is 27.5 Å². The molecule has 4 N–H and O–H groups in total. The average Bonchev–Trinajstić information content (AvgIpc) is 2.52. The number of halogens is 1. The van der Waals surface area contributed by atoms with Crippen molar-refractivity contribution in [2.75, 3.05) is 0 Å². The first-order valence-corrected chi connectivity index (χ1v) is 8.26. The third-order valence-electron chi connectivity index (χ3n) is 4.22. The molecule has 2 heterocycles. The van der Waals surface area contributed by atoms with Crippen LogP contribution in [0, 0.1) is 13.8 Å². The van der Waals surface area contributed by atoms with Gasteiger partial charge in [0.15, 0.2) is 0 Å². The Labute approximate surface area is 153 Å². The number of pyridine rings is 2. The number of aryl methyl sites for hydroxylation is 2. The highest BCUT2D eigenvalue weighted by molar-refractivity contribution is 6.30. The molecule has 0 radical (unpaired) electrons. The number of hydrogen-bond donors (Lipinski definition) is 4. The Bertz CT molecular complexity index is 1060. The normalized spacial score (nSPS) is 12.1. The Hall–Kier alpha value is -2.99. The van der Waals surface area contributed by atoms with E-state index in [2.05, 4.69) is 9.97 Å². The summed E-state index contributed by atoms with van der Waals surface area (Å²) in [5.41, 5.74) is 1.00. The van der Waals surface area contributed by atoms with E-state index >= 15 is 0 Å². The number of nitrogens with one attached hydrogen (secondary N) is 2. The summed E-state index contributed by atoms with van der Waals surface area (Å²) in [6, 6.07) is 9.20. The standard InChI is InChI=1S/C19H17ClN2O4/c1-9-7-13(23)18(19(26)21-9)17(11-3-5-12(20)6-4-11)16-10(2)22-15(25)8-14(16)24/h3-8,17H,1-2H3,(H2,21,23,26)(H2,22,24,25). The molecule has 0 amide bonds. The van der Waals surface area contributed by atoms with Gasteiger partial charge in [0, 0.05) is 34.0 Å². The third kappa shape index (κ3) is 3.23. The third-order valence-corrected chi connectivity index (χ3v) is 4.48. The molecule has 0 aliphatic heterocycles. The number of aromatic hydroxyl groups is 2. The van der Waals surface area contributed by atoms with Crippen molar-refractivity contribution in [1.82, 2.24) is 9.97 Å². The van der Waals surface area contributed by atoms with Crippen LogP contribution in [-0.2, 0) is 0 Å². The van der Waals surface area contributed by atoms with E-state index in [4.69, 9.17) is 11.6 Å². The van der Waals surface area contributed by atoms with Crippen LogP contribution in [0.1, 0.15) is 34.0 Å². The van der Waals surface area contributed by atoms with Crippen molar-refractivity contribution in [2.45, 2.75) is 19.8 Å². The second-order valence-electron chi connectivity index (χ2n) is 6.12. The minimum atomic E-state index is -0.798. The van der Waals surface area contributed by atoms with Crippen LogP contribution in [0.4, 0.5) is 0 Å². The molecule has 26 heavy (non-hydrogen) atoms. The van der Waals surface area contributed by atoms with Crippen molar-refractivity contribution in [1.29, 1.82) is 0 Å². The molecule has 134 valence electrons. The number of aromatic nitrogens is 2. The molecule has 0 saturated heterocycles. The Morgan fingerprint density at radius 2 is 1.54 bits per heavy atom. The van der Waals surface area contributed by atoms with Crippen LogP contribution in [0.5, 0.6) is 11.5 Å². The Kier molecular flexibility index (Phi) is 4.61. The first kappa shape index (κ1) is 17.8. The minimum absolute atomic E-state index is 0.0726. The fraction of sp³-hybridized carbons (Fsp3) is 0.158. The highest BCUT2D eigenvalue weighted by Crippen LogP contribution is 2.39. The molecule has 3 rings (SSSR count). The zero-order valence-corrected chi connectivity index (χ0v) is 14.9. The number of benzene rings is 1. The van der Waals surface area contributed by atoms with Gasteiger partial charge in [0.1, 0.15) is 11.5 Å². The van der Waals surface area contributed by atoms with Crippen molar-refractivity contribution >= 4 is 11.6 Å². The van der Waals surface area contributed by atoms with Gasteiger partial charge in [-0.25, -0.2) is 0 Å². The summed E-state index contributed by atoms with van der Waals surface area (Å²) in [5, 5.41) is 21.4. The first-order chi connectivity index (χ1) is 12.3. The monoisotopic (exact) mass is 372 g/mol. The average molecular weight is 373 g/mol. The molecule has 2 aromatic heterocycles. The molecule has 1 atom stereocenters. The Balaban J connectivity index is 2.38. The highest BCUT2D eigenvalue weighted by atomic mass is 35.5. The molecule has 0 bridgehead atoms. The molecule has 1 unspecified atom stereocenters. The summed E-state index contributed by atoms with van der Waals surface area (Å²) in [7, 11) is 0.